The third kappa shape index (κ3) is 5.07. The molecule has 0 aliphatic heterocycles. The zero-order chi connectivity index (χ0) is 24.9. The van der Waals surface area contributed by atoms with Gasteiger partial charge in [-0.2, -0.15) is 4.98 Å². The Labute approximate surface area is 206 Å². The van der Waals surface area contributed by atoms with E-state index in [0.29, 0.717) is 46.5 Å². The van der Waals surface area contributed by atoms with Crippen LogP contribution in [0.2, 0.25) is 0 Å². The smallest absolute Gasteiger partial charge is 0.354 e. The van der Waals surface area contributed by atoms with Crippen LogP contribution in [-0.2, 0) is 11.3 Å². The van der Waals surface area contributed by atoms with Crippen molar-refractivity contribution in [2.45, 2.75) is 27.3 Å². The highest BCUT2D eigenvalue weighted by Crippen LogP contribution is 2.33. The van der Waals surface area contributed by atoms with Crippen molar-refractivity contribution in [1.29, 1.82) is 0 Å². The fourth-order valence-corrected chi connectivity index (χ4v) is 4.72. The van der Waals surface area contributed by atoms with Gasteiger partial charge in [-0.05, 0) is 51.1 Å². The second-order valence-electron chi connectivity index (χ2n) is 7.61. The number of nitrogens with zero attached hydrogens (tertiary/aromatic N) is 3. The molecule has 3 heterocycles. The fourth-order valence-electron chi connectivity index (χ4n) is 3.85. The number of benzene rings is 1. The maximum Gasteiger partial charge on any atom is 0.354 e. The topological polar surface area (TPSA) is 87.5 Å². The molecule has 184 valence electrons. The van der Waals surface area contributed by atoms with Crippen LogP contribution in [0.4, 0.5) is 10.1 Å². The molecule has 0 aliphatic carbocycles. The highest BCUT2D eigenvalue weighted by Gasteiger charge is 2.22. The first kappa shape index (κ1) is 24.5. The maximum atomic E-state index is 14.6. The van der Waals surface area contributed by atoms with E-state index in [1.165, 1.54) is 17.4 Å². The van der Waals surface area contributed by atoms with Gasteiger partial charge in [0.05, 0.1) is 25.8 Å². The van der Waals surface area contributed by atoms with Crippen molar-refractivity contribution in [3.8, 4) is 22.3 Å². The monoisotopic (exact) mass is 498 g/mol. The molecule has 0 spiro atoms. The zero-order valence-corrected chi connectivity index (χ0v) is 20.9. The molecule has 0 fully saturated rings. The van der Waals surface area contributed by atoms with Crippen molar-refractivity contribution in [2.75, 3.05) is 32.2 Å². The van der Waals surface area contributed by atoms with Crippen LogP contribution in [0.5, 0.6) is 11.6 Å². The van der Waals surface area contributed by atoms with E-state index in [4.69, 9.17) is 14.2 Å². The van der Waals surface area contributed by atoms with Gasteiger partial charge in [-0.1, -0.05) is 0 Å². The molecule has 0 amide bonds. The molecular weight excluding hydrogens is 471 g/mol. The van der Waals surface area contributed by atoms with Gasteiger partial charge in [0, 0.05) is 36.1 Å². The Morgan fingerprint density at radius 1 is 1.20 bits per heavy atom. The Kier molecular flexibility index (Phi) is 7.50. The van der Waals surface area contributed by atoms with E-state index in [9.17, 15) is 9.18 Å². The Morgan fingerprint density at radius 3 is 2.77 bits per heavy atom. The van der Waals surface area contributed by atoms with Crippen molar-refractivity contribution < 1.29 is 23.4 Å². The second kappa shape index (κ2) is 10.7. The molecule has 0 atom stereocenters. The Balaban J connectivity index is 1.52. The number of esters is 1. The number of rotatable bonds is 10. The van der Waals surface area contributed by atoms with Crippen molar-refractivity contribution >= 4 is 33.9 Å². The lowest BCUT2D eigenvalue weighted by molar-refractivity contribution is 0.0527. The lowest BCUT2D eigenvalue weighted by Gasteiger charge is -2.12. The average molecular weight is 499 g/mol. The molecule has 0 saturated carbocycles. The minimum Gasteiger partial charge on any atom is -0.496 e. The number of methoxy groups -OCH3 is 1. The van der Waals surface area contributed by atoms with Gasteiger partial charge in [-0.3, -0.25) is 4.98 Å². The number of nitrogens with one attached hydrogen (secondary N) is 1. The number of hydrogen-bond acceptors (Lipinski definition) is 8. The third-order valence-electron chi connectivity index (χ3n) is 5.38. The van der Waals surface area contributed by atoms with E-state index in [1.54, 1.807) is 26.3 Å². The number of ether oxygens (including phenoxy) is 3. The van der Waals surface area contributed by atoms with Crippen molar-refractivity contribution in [3.05, 3.63) is 52.9 Å². The van der Waals surface area contributed by atoms with Crippen LogP contribution in [0.15, 0.2) is 36.5 Å². The van der Waals surface area contributed by atoms with Crippen LogP contribution in [0, 0.1) is 12.7 Å². The van der Waals surface area contributed by atoms with Gasteiger partial charge < -0.3 is 24.1 Å². The summed E-state index contributed by atoms with van der Waals surface area (Å²) in [5, 5.41) is 4.67. The van der Waals surface area contributed by atoms with Gasteiger partial charge >= 0.3 is 5.97 Å². The van der Waals surface area contributed by atoms with Crippen LogP contribution in [-0.4, -0.2) is 47.4 Å². The molecule has 0 saturated heterocycles. The van der Waals surface area contributed by atoms with E-state index in [0.717, 1.165) is 16.8 Å². The Morgan fingerprint density at radius 2 is 2.03 bits per heavy atom. The predicted molar refractivity (Wildman–Crippen MR) is 134 cm³/mol. The third-order valence-corrected chi connectivity index (χ3v) is 6.42. The SMILES string of the molecule is CCOC(=O)c1sc(-c2cc(NCCn3c(C)cc4c(OC)ccc(F)c43)ccn2)nc1OCC. The van der Waals surface area contributed by atoms with Gasteiger partial charge in [-0.15, -0.1) is 11.3 Å². The summed E-state index contributed by atoms with van der Waals surface area (Å²) in [6.07, 6.45) is 1.67. The minimum atomic E-state index is -0.466. The van der Waals surface area contributed by atoms with Gasteiger partial charge in [-0.25, -0.2) is 9.18 Å². The Hall–Kier alpha value is -3.66. The van der Waals surface area contributed by atoms with E-state index < -0.39 is 5.97 Å². The standard InChI is InChI=1S/C25H27FN4O4S/c1-5-33-23-22(25(31)34-6-2)35-24(29-23)19-14-16(9-10-28-19)27-11-12-30-15(3)13-17-20(32-4)8-7-18(26)21(17)30/h7-10,13-14H,5-6,11-12H2,1-4H3,(H,27,28). The van der Waals surface area contributed by atoms with Crippen LogP contribution < -0.4 is 14.8 Å². The number of anilines is 1. The van der Waals surface area contributed by atoms with Crippen LogP contribution in [0.3, 0.4) is 0 Å². The van der Waals surface area contributed by atoms with Gasteiger partial charge in [0.15, 0.2) is 4.88 Å². The van der Waals surface area contributed by atoms with Crippen LogP contribution in [0.1, 0.15) is 29.2 Å². The fraction of sp³-hybridized carbons (Fsp3) is 0.320. The number of pyridine rings is 1. The van der Waals surface area contributed by atoms with Gasteiger partial charge in [0.2, 0.25) is 5.88 Å². The number of aromatic nitrogens is 3. The summed E-state index contributed by atoms with van der Waals surface area (Å²) in [4.78, 5) is 21.5. The van der Waals surface area contributed by atoms with Crippen molar-refractivity contribution in [3.63, 3.8) is 0 Å². The zero-order valence-electron chi connectivity index (χ0n) is 20.1. The largest absolute Gasteiger partial charge is 0.496 e. The number of halogens is 1. The first-order valence-electron chi connectivity index (χ1n) is 11.3. The summed E-state index contributed by atoms with van der Waals surface area (Å²) < 4.78 is 32.6. The molecule has 3 aromatic heterocycles. The average Bonchev–Trinajstić information content (AvgIpc) is 3.42. The summed E-state index contributed by atoms with van der Waals surface area (Å²) in [6, 6.07) is 8.70. The number of aryl methyl sites for hydroxylation is 1. The van der Waals surface area contributed by atoms with E-state index in [1.807, 2.05) is 36.6 Å². The minimum absolute atomic E-state index is 0.249. The van der Waals surface area contributed by atoms with E-state index >= 15 is 0 Å². The number of carbonyl (C=O) groups is 1. The molecule has 1 aromatic carbocycles. The molecule has 35 heavy (non-hydrogen) atoms. The quantitative estimate of drug-likeness (QED) is 0.297. The second-order valence-corrected chi connectivity index (χ2v) is 8.61. The molecular formula is C25H27FN4O4S. The first-order chi connectivity index (χ1) is 17.0. The lowest BCUT2D eigenvalue weighted by atomic mass is 10.2. The molecule has 0 bridgehead atoms. The number of thiazole rings is 1. The molecule has 4 aromatic rings. The number of carbonyl (C=O) groups excluding carboxylic acids is 1. The summed E-state index contributed by atoms with van der Waals surface area (Å²) in [5.74, 6) is 0.143. The molecule has 0 unspecified atom stereocenters. The summed E-state index contributed by atoms with van der Waals surface area (Å²) in [5.41, 5.74) is 2.90. The Bertz CT molecular complexity index is 1350. The van der Waals surface area contributed by atoms with Gasteiger partial charge in [0.25, 0.3) is 0 Å². The number of fused-ring (bicyclic) bond motifs is 1. The van der Waals surface area contributed by atoms with Crippen molar-refractivity contribution in [1.82, 2.24) is 14.5 Å². The highest BCUT2D eigenvalue weighted by atomic mass is 32.1. The molecule has 10 heteroatoms. The van der Waals surface area contributed by atoms with Crippen molar-refractivity contribution in [2.24, 2.45) is 0 Å². The van der Waals surface area contributed by atoms with E-state index in [-0.39, 0.29) is 18.3 Å². The maximum absolute atomic E-state index is 14.6. The lowest BCUT2D eigenvalue weighted by Crippen LogP contribution is -2.12. The molecule has 0 radical (unpaired) electrons. The van der Waals surface area contributed by atoms with Gasteiger partial charge in [0.1, 0.15) is 22.3 Å². The first-order valence-corrected chi connectivity index (χ1v) is 12.1. The molecule has 1 N–H and O–H groups in total. The molecule has 8 nitrogen and oxygen atoms in total. The highest BCUT2D eigenvalue weighted by molar-refractivity contribution is 7.17. The normalized spacial score (nSPS) is 11.0. The molecule has 4 rings (SSSR count). The van der Waals surface area contributed by atoms with Crippen LogP contribution in [0.25, 0.3) is 21.6 Å². The number of hydrogen-bond donors (Lipinski definition) is 1. The predicted octanol–water partition coefficient (Wildman–Crippen LogP) is 5.30. The van der Waals surface area contributed by atoms with E-state index in [2.05, 4.69) is 15.3 Å². The molecule has 0 aliphatic rings. The summed E-state index contributed by atoms with van der Waals surface area (Å²) in [6.45, 7) is 7.28. The van der Waals surface area contributed by atoms with Crippen LogP contribution >= 0.6 is 11.3 Å². The summed E-state index contributed by atoms with van der Waals surface area (Å²) >= 11 is 1.18. The summed E-state index contributed by atoms with van der Waals surface area (Å²) in [7, 11) is 1.58.